The van der Waals surface area contributed by atoms with Crippen molar-refractivity contribution in [3.63, 3.8) is 0 Å². The van der Waals surface area contributed by atoms with Crippen LogP contribution in [0, 0.1) is 5.82 Å². The Morgan fingerprint density at radius 2 is 1.49 bits per heavy atom. The highest BCUT2D eigenvalue weighted by atomic mass is 35.5. The highest BCUT2D eigenvalue weighted by Crippen LogP contribution is 2.42. The quantitative estimate of drug-likeness (QED) is 0.0614. The molecule has 3 saturated heterocycles. The van der Waals surface area contributed by atoms with Gasteiger partial charge in [0.15, 0.2) is 11.6 Å². The molecule has 9 rings (SSSR count). The van der Waals surface area contributed by atoms with Crippen LogP contribution in [0.5, 0.6) is 5.75 Å². The van der Waals surface area contributed by atoms with Crippen LogP contribution in [0.4, 0.5) is 10.1 Å². The fourth-order valence-corrected chi connectivity index (χ4v) is 11.8. The van der Waals surface area contributed by atoms with Crippen LogP contribution < -0.4 is 31.3 Å². The number of rotatable bonds is 18. The molecule has 1 unspecified atom stereocenters. The van der Waals surface area contributed by atoms with E-state index in [-0.39, 0.29) is 95.2 Å². The zero-order chi connectivity index (χ0) is 52.0. The van der Waals surface area contributed by atoms with Gasteiger partial charge < -0.3 is 35.5 Å². The molecule has 5 aliphatic rings. The maximum Gasteiger partial charge on any atom is 0.264 e. The number of hydrogen-bond donors (Lipinski definition) is 4. The first-order chi connectivity index (χ1) is 35.8. The molecule has 4 fully saturated rings. The summed E-state index contributed by atoms with van der Waals surface area (Å²) in [5.74, 6) is -3.98. The van der Waals surface area contributed by atoms with Crippen molar-refractivity contribution in [1.82, 2.24) is 25.8 Å². The smallest absolute Gasteiger partial charge is 0.264 e. The van der Waals surface area contributed by atoms with Crippen molar-refractivity contribution < 1.29 is 47.4 Å². The molecule has 4 aromatic carbocycles. The lowest BCUT2D eigenvalue weighted by Crippen LogP contribution is -2.54. The summed E-state index contributed by atoms with van der Waals surface area (Å²) in [4.78, 5) is 82.7. The van der Waals surface area contributed by atoms with E-state index < -0.39 is 41.4 Å². The maximum absolute atomic E-state index is 16.3. The molecule has 0 aromatic heterocycles. The first-order valence-corrected chi connectivity index (χ1v) is 26.3. The Hall–Kier alpha value is -5.95. The van der Waals surface area contributed by atoms with E-state index in [1.54, 1.807) is 24.3 Å². The van der Waals surface area contributed by atoms with Crippen molar-refractivity contribution in [2.45, 2.75) is 100 Å². The van der Waals surface area contributed by atoms with Gasteiger partial charge in [-0.05, 0) is 105 Å². The van der Waals surface area contributed by atoms with Crippen molar-refractivity contribution >= 4 is 64.3 Å². The van der Waals surface area contributed by atoms with Gasteiger partial charge in [-0.15, -0.1) is 0 Å². The fraction of sp³-hybridized carbons (Fsp3) is 0.455. The molecule has 0 bridgehead atoms. The fourth-order valence-electron chi connectivity index (χ4n) is 11.2. The number of nitrogens with zero attached hydrogens (tertiary/aromatic N) is 3. The van der Waals surface area contributed by atoms with Crippen LogP contribution in [0.15, 0.2) is 72.8 Å². The number of nitrogens with one attached hydrogen (secondary N) is 3. The normalized spacial score (nSPS) is 21.4. The molecule has 74 heavy (non-hydrogen) atoms. The summed E-state index contributed by atoms with van der Waals surface area (Å²) < 4.78 is 33.5. The minimum Gasteiger partial charge on any atom is -0.488 e. The third-order valence-electron chi connectivity index (χ3n) is 15.1. The SMILES string of the molecule is COCCOc1ccc(C(N)=O)c(-c2cc([C@H](CNC3CCC(NC(=O)CN4CCC(OC5CCN(c6cccc7c6C(=O)N(C6CCC(=O)NC6=O)C7=O)CC5)CC4)CC3)c3ccccc3)c(Cl)cc2Cl)c1F. The molecule has 0 radical (unpaired) electrons. The minimum absolute atomic E-state index is 0.0151. The van der Waals surface area contributed by atoms with Crippen LogP contribution in [0.3, 0.4) is 0 Å². The lowest BCUT2D eigenvalue weighted by Gasteiger charge is -2.38. The topological polar surface area (TPSA) is 202 Å². The predicted octanol–water partition coefficient (Wildman–Crippen LogP) is 6.62. The summed E-state index contributed by atoms with van der Waals surface area (Å²) in [6.45, 7) is 3.94. The molecule has 4 aliphatic heterocycles. The molecule has 4 heterocycles. The molecule has 4 aromatic rings. The average molecular weight is 1060 g/mol. The van der Waals surface area contributed by atoms with Crippen molar-refractivity contribution in [1.29, 1.82) is 0 Å². The number of carbonyl (C=O) groups excluding carboxylic acids is 6. The van der Waals surface area contributed by atoms with Gasteiger partial charge in [0.2, 0.25) is 23.6 Å². The van der Waals surface area contributed by atoms with Crippen LogP contribution in [0.25, 0.3) is 11.1 Å². The lowest BCUT2D eigenvalue weighted by molar-refractivity contribution is -0.136. The van der Waals surface area contributed by atoms with Crippen LogP contribution in [0.2, 0.25) is 10.0 Å². The summed E-state index contributed by atoms with van der Waals surface area (Å²) in [6.07, 6.45) is 6.77. The van der Waals surface area contributed by atoms with Crippen molar-refractivity contribution in [3.05, 3.63) is 116 Å². The van der Waals surface area contributed by atoms with Gasteiger partial charge in [0.05, 0.1) is 52.8 Å². The van der Waals surface area contributed by atoms with E-state index in [2.05, 4.69) is 25.8 Å². The monoisotopic (exact) mass is 1050 g/mol. The van der Waals surface area contributed by atoms with Gasteiger partial charge in [-0.3, -0.25) is 43.9 Å². The van der Waals surface area contributed by atoms with Gasteiger partial charge in [0.25, 0.3) is 11.8 Å². The van der Waals surface area contributed by atoms with E-state index in [1.807, 2.05) is 36.4 Å². The first-order valence-electron chi connectivity index (χ1n) is 25.6. The Labute approximate surface area is 439 Å². The number of hydrogen-bond acceptors (Lipinski definition) is 12. The van der Waals surface area contributed by atoms with Gasteiger partial charge >= 0.3 is 0 Å². The number of benzene rings is 4. The number of amides is 6. The third-order valence-corrected chi connectivity index (χ3v) is 15.7. The molecule has 5 N–H and O–H groups in total. The third kappa shape index (κ3) is 11.8. The van der Waals surface area contributed by atoms with Gasteiger partial charge in [-0.25, -0.2) is 4.39 Å². The summed E-state index contributed by atoms with van der Waals surface area (Å²) in [5.41, 5.74) is 8.81. The van der Waals surface area contributed by atoms with Gasteiger partial charge in [0, 0.05) is 80.4 Å². The number of primary amides is 1. The number of piperidine rings is 3. The Balaban J connectivity index is 0.731. The molecule has 19 heteroatoms. The number of ether oxygens (including phenoxy) is 3. The first kappa shape index (κ1) is 52.9. The lowest BCUT2D eigenvalue weighted by atomic mass is 9.86. The number of imide groups is 2. The highest BCUT2D eigenvalue weighted by Gasteiger charge is 2.46. The molecule has 1 aliphatic carbocycles. The zero-order valence-corrected chi connectivity index (χ0v) is 42.9. The van der Waals surface area contributed by atoms with E-state index in [0.717, 1.165) is 74.9 Å². The van der Waals surface area contributed by atoms with Crippen LogP contribution in [-0.4, -0.2) is 135 Å². The molecule has 2 atom stereocenters. The second-order valence-electron chi connectivity index (χ2n) is 19.8. The molecule has 0 spiro atoms. The predicted molar refractivity (Wildman–Crippen MR) is 277 cm³/mol. The molecular weight excluding hydrogens is 993 g/mol. The van der Waals surface area contributed by atoms with Crippen molar-refractivity contribution in [3.8, 4) is 16.9 Å². The number of methoxy groups -OCH3 is 1. The number of anilines is 1. The largest absolute Gasteiger partial charge is 0.488 e. The summed E-state index contributed by atoms with van der Waals surface area (Å²) in [6, 6.07) is 20.4. The number of likely N-dealkylation sites (tertiary alicyclic amines) is 1. The number of halogens is 3. The van der Waals surface area contributed by atoms with Crippen LogP contribution in [-0.2, 0) is 23.9 Å². The van der Waals surface area contributed by atoms with Crippen LogP contribution >= 0.6 is 23.2 Å². The van der Waals surface area contributed by atoms with Crippen molar-refractivity contribution in [2.75, 3.05) is 64.5 Å². The molecule has 16 nitrogen and oxygen atoms in total. The van der Waals surface area contributed by atoms with Crippen LogP contribution in [0.1, 0.15) is 112 Å². The number of nitrogens with two attached hydrogens (primary N) is 1. The van der Waals surface area contributed by atoms with Gasteiger partial charge in [0.1, 0.15) is 12.6 Å². The Morgan fingerprint density at radius 1 is 0.784 bits per heavy atom. The van der Waals surface area contributed by atoms with Gasteiger partial charge in [-0.1, -0.05) is 59.6 Å². The molecular formula is C55H62Cl2FN7O9. The van der Waals surface area contributed by atoms with Crippen molar-refractivity contribution in [2.24, 2.45) is 5.73 Å². The molecule has 1 saturated carbocycles. The minimum atomic E-state index is -1.02. The molecule has 6 amide bonds. The van der Waals surface area contributed by atoms with E-state index in [9.17, 15) is 28.8 Å². The average Bonchev–Trinajstić information content (AvgIpc) is 3.64. The van der Waals surface area contributed by atoms with E-state index in [1.165, 1.54) is 19.2 Å². The Kier molecular flexibility index (Phi) is 17.0. The Morgan fingerprint density at radius 3 is 2.18 bits per heavy atom. The number of carbonyl (C=O) groups is 6. The van der Waals surface area contributed by atoms with E-state index >= 15 is 4.39 Å². The maximum atomic E-state index is 16.3. The second-order valence-corrected chi connectivity index (χ2v) is 20.6. The summed E-state index contributed by atoms with van der Waals surface area (Å²) >= 11 is 13.7. The van der Waals surface area contributed by atoms with E-state index in [0.29, 0.717) is 48.0 Å². The zero-order valence-electron chi connectivity index (χ0n) is 41.3. The summed E-state index contributed by atoms with van der Waals surface area (Å²) in [5, 5.41) is 9.83. The van der Waals surface area contributed by atoms with Gasteiger partial charge in [-0.2, -0.15) is 0 Å². The second kappa shape index (κ2) is 23.7. The number of fused-ring (bicyclic) bond motifs is 1. The highest BCUT2D eigenvalue weighted by molar-refractivity contribution is 6.37. The van der Waals surface area contributed by atoms with E-state index in [4.69, 9.17) is 43.1 Å². The Bertz CT molecular complexity index is 2760. The standard InChI is InChI=1S/C55H62Cl2FN7O9/c1-72-26-27-73-46-16-14-37(52(59)68)49(51(46)58)40-28-39(42(56)29-43(40)57)41(32-6-3-2-4-7-32)30-60-33-10-12-34(13-11-33)61-48(67)31-63-22-18-35(19-23-63)74-36-20-24-64(25-21-36)44-9-5-8-38-50(44)55(71)65(54(38)70)45-15-17-47(66)62-53(45)69/h2-9,14,16,28-29,33-36,41,45,60H,10-13,15,17-27,30-31H2,1H3,(H2,59,68)(H,61,67)(H,62,66,69)/t33?,34?,41-,45?/m1/s1. The molecule has 392 valence electrons. The summed E-state index contributed by atoms with van der Waals surface area (Å²) in [7, 11) is 1.51.